The highest BCUT2D eigenvalue weighted by Crippen LogP contribution is 2.20. The van der Waals surface area contributed by atoms with Gasteiger partial charge in [0.1, 0.15) is 0 Å². The summed E-state index contributed by atoms with van der Waals surface area (Å²) in [6.07, 6.45) is 6.46. The van der Waals surface area contributed by atoms with Crippen LogP contribution in [0.1, 0.15) is 35.2 Å². The molecule has 2 aromatic rings. The maximum absolute atomic E-state index is 12.4. The second-order valence-corrected chi connectivity index (χ2v) is 7.96. The van der Waals surface area contributed by atoms with Gasteiger partial charge in [-0.2, -0.15) is 5.10 Å². The van der Waals surface area contributed by atoms with Crippen molar-refractivity contribution < 1.29 is 8.42 Å². The van der Waals surface area contributed by atoms with Crippen LogP contribution in [0.25, 0.3) is 0 Å². The van der Waals surface area contributed by atoms with Gasteiger partial charge in [-0.15, -0.1) is 0 Å². The number of fused-ring (bicyclic) bond motifs is 1. The van der Waals surface area contributed by atoms with Gasteiger partial charge in [-0.05, 0) is 68.4 Å². The molecule has 1 heterocycles. The van der Waals surface area contributed by atoms with Gasteiger partial charge in [-0.1, -0.05) is 6.07 Å². The van der Waals surface area contributed by atoms with E-state index in [2.05, 4.69) is 9.82 Å². The Morgan fingerprint density at radius 2 is 1.96 bits per heavy atom. The van der Waals surface area contributed by atoms with E-state index in [9.17, 15) is 8.42 Å². The average Bonchev–Trinajstić information content (AvgIpc) is 2.93. The fourth-order valence-corrected chi connectivity index (χ4v) is 4.10. The first kappa shape index (κ1) is 16.2. The van der Waals surface area contributed by atoms with E-state index in [1.807, 2.05) is 30.8 Å². The first-order chi connectivity index (χ1) is 11.0. The summed E-state index contributed by atoms with van der Waals surface area (Å²) in [6, 6.07) is 5.21. The molecular weight excluding hydrogens is 310 g/mol. The van der Waals surface area contributed by atoms with Crippen LogP contribution in [0.2, 0.25) is 0 Å². The standard InChI is InChI=1S/C17H23N3O2S/c1-13-7-8-16(11-14(13)2)23(21,22)19-9-10-20-17-6-4-3-5-15(17)12-18-20/h7-8,11-12,19H,3-6,9-10H2,1-2H3. The van der Waals surface area contributed by atoms with Crippen molar-refractivity contribution in [1.82, 2.24) is 14.5 Å². The zero-order chi connectivity index (χ0) is 16.4. The molecular formula is C17H23N3O2S. The van der Waals surface area contributed by atoms with Gasteiger partial charge >= 0.3 is 0 Å². The van der Waals surface area contributed by atoms with E-state index >= 15 is 0 Å². The third kappa shape index (κ3) is 3.48. The quantitative estimate of drug-likeness (QED) is 0.913. The summed E-state index contributed by atoms with van der Waals surface area (Å²) in [5.41, 5.74) is 4.65. The molecule has 0 saturated heterocycles. The van der Waals surface area contributed by atoms with Gasteiger partial charge in [0.25, 0.3) is 0 Å². The molecule has 0 atom stereocenters. The highest BCUT2D eigenvalue weighted by atomic mass is 32.2. The van der Waals surface area contributed by atoms with E-state index in [1.165, 1.54) is 24.1 Å². The lowest BCUT2D eigenvalue weighted by atomic mass is 9.98. The number of sulfonamides is 1. The maximum Gasteiger partial charge on any atom is 0.240 e. The number of benzene rings is 1. The molecule has 0 radical (unpaired) electrons. The third-order valence-corrected chi connectivity index (χ3v) is 6.01. The summed E-state index contributed by atoms with van der Waals surface area (Å²) in [5.74, 6) is 0. The van der Waals surface area contributed by atoms with Crippen molar-refractivity contribution in [3.8, 4) is 0 Å². The predicted octanol–water partition coefficient (Wildman–Crippen LogP) is 2.36. The lowest BCUT2D eigenvalue weighted by Crippen LogP contribution is -2.28. The summed E-state index contributed by atoms with van der Waals surface area (Å²) < 4.78 is 29.4. The molecule has 5 nitrogen and oxygen atoms in total. The monoisotopic (exact) mass is 333 g/mol. The van der Waals surface area contributed by atoms with Crippen LogP contribution in [0.3, 0.4) is 0 Å². The molecule has 0 amide bonds. The van der Waals surface area contributed by atoms with Gasteiger partial charge in [0, 0.05) is 12.2 Å². The molecule has 3 rings (SSSR count). The summed E-state index contributed by atoms with van der Waals surface area (Å²) in [6.45, 7) is 4.81. The number of nitrogens with one attached hydrogen (secondary N) is 1. The van der Waals surface area contributed by atoms with E-state index in [0.717, 1.165) is 24.0 Å². The minimum Gasteiger partial charge on any atom is -0.268 e. The van der Waals surface area contributed by atoms with Gasteiger partial charge in [-0.3, -0.25) is 4.68 Å². The van der Waals surface area contributed by atoms with Gasteiger partial charge < -0.3 is 0 Å². The number of hydrogen-bond acceptors (Lipinski definition) is 3. The van der Waals surface area contributed by atoms with E-state index in [1.54, 1.807) is 12.1 Å². The molecule has 0 spiro atoms. The molecule has 124 valence electrons. The van der Waals surface area contributed by atoms with Crippen LogP contribution in [0, 0.1) is 13.8 Å². The molecule has 0 fully saturated rings. The summed E-state index contributed by atoms with van der Waals surface area (Å²) >= 11 is 0. The molecule has 1 aliphatic rings. The Balaban J connectivity index is 1.65. The minimum atomic E-state index is -3.47. The van der Waals surface area contributed by atoms with Gasteiger partial charge in [0.05, 0.1) is 17.6 Å². The second-order valence-electron chi connectivity index (χ2n) is 6.19. The largest absolute Gasteiger partial charge is 0.268 e. The van der Waals surface area contributed by atoms with Crippen LogP contribution in [-0.4, -0.2) is 24.7 Å². The fraction of sp³-hybridized carbons (Fsp3) is 0.471. The van der Waals surface area contributed by atoms with Crippen molar-refractivity contribution in [2.75, 3.05) is 6.54 Å². The molecule has 0 aliphatic heterocycles. The number of aryl methyl sites for hydroxylation is 3. The van der Waals surface area contributed by atoms with E-state index in [0.29, 0.717) is 18.0 Å². The maximum atomic E-state index is 12.4. The van der Waals surface area contributed by atoms with Crippen LogP contribution in [0.5, 0.6) is 0 Å². The van der Waals surface area contributed by atoms with Crippen molar-refractivity contribution in [3.05, 3.63) is 46.8 Å². The summed E-state index contributed by atoms with van der Waals surface area (Å²) in [5, 5.41) is 4.40. The zero-order valence-corrected chi connectivity index (χ0v) is 14.5. The number of aromatic nitrogens is 2. The SMILES string of the molecule is Cc1ccc(S(=O)(=O)NCCn2ncc3c2CCCC3)cc1C. The molecule has 1 aromatic carbocycles. The first-order valence-electron chi connectivity index (χ1n) is 8.08. The Bertz CT molecular complexity index is 809. The zero-order valence-electron chi connectivity index (χ0n) is 13.7. The normalized spacial score (nSPS) is 14.7. The smallest absolute Gasteiger partial charge is 0.240 e. The predicted molar refractivity (Wildman–Crippen MR) is 90.0 cm³/mol. The Hall–Kier alpha value is -1.66. The molecule has 1 N–H and O–H groups in total. The van der Waals surface area contributed by atoms with Crippen molar-refractivity contribution >= 4 is 10.0 Å². The topological polar surface area (TPSA) is 64.0 Å². The third-order valence-electron chi connectivity index (χ3n) is 4.55. The Kier molecular flexibility index (Phi) is 4.55. The molecule has 0 unspecified atom stereocenters. The number of nitrogens with zero attached hydrogens (tertiary/aromatic N) is 2. The average molecular weight is 333 g/mol. The summed E-state index contributed by atoms with van der Waals surface area (Å²) in [7, 11) is -3.47. The number of rotatable bonds is 5. The lowest BCUT2D eigenvalue weighted by Gasteiger charge is -2.14. The Morgan fingerprint density at radius 3 is 2.74 bits per heavy atom. The van der Waals surface area contributed by atoms with Crippen LogP contribution >= 0.6 is 0 Å². The van der Waals surface area contributed by atoms with E-state index in [-0.39, 0.29) is 0 Å². The molecule has 6 heteroatoms. The van der Waals surface area contributed by atoms with Gasteiger partial charge in [0.2, 0.25) is 10.0 Å². The van der Waals surface area contributed by atoms with Crippen molar-refractivity contribution in [1.29, 1.82) is 0 Å². The fourth-order valence-electron chi connectivity index (χ4n) is 3.00. The highest BCUT2D eigenvalue weighted by Gasteiger charge is 2.17. The van der Waals surface area contributed by atoms with Gasteiger partial charge in [-0.25, -0.2) is 13.1 Å². The number of hydrogen-bond donors (Lipinski definition) is 1. The lowest BCUT2D eigenvalue weighted by molar-refractivity contribution is 0.538. The molecule has 0 bridgehead atoms. The molecule has 1 aromatic heterocycles. The van der Waals surface area contributed by atoms with Crippen molar-refractivity contribution in [2.45, 2.75) is 51.0 Å². The van der Waals surface area contributed by atoms with Crippen molar-refractivity contribution in [3.63, 3.8) is 0 Å². The second kappa shape index (κ2) is 6.45. The molecule has 23 heavy (non-hydrogen) atoms. The van der Waals surface area contributed by atoms with Crippen molar-refractivity contribution in [2.24, 2.45) is 0 Å². The van der Waals surface area contributed by atoms with Gasteiger partial charge in [0.15, 0.2) is 0 Å². The minimum absolute atomic E-state index is 0.322. The van der Waals surface area contributed by atoms with Crippen LogP contribution < -0.4 is 4.72 Å². The molecule has 1 aliphatic carbocycles. The van der Waals surface area contributed by atoms with E-state index < -0.39 is 10.0 Å². The Morgan fingerprint density at radius 1 is 1.17 bits per heavy atom. The Labute approximate surface area is 137 Å². The van der Waals surface area contributed by atoms with Crippen LogP contribution in [-0.2, 0) is 29.4 Å². The highest BCUT2D eigenvalue weighted by molar-refractivity contribution is 7.89. The van der Waals surface area contributed by atoms with E-state index in [4.69, 9.17) is 0 Å². The first-order valence-corrected chi connectivity index (χ1v) is 9.56. The summed E-state index contributed by atoms with van der Waals surface area (Å²) in [4.78, 5) is 0.322. The molecule has 0 saturated carbocycles. The van der Waals surface area contributed by atoms with Crippen LogP contribution in [0.15, 0.2) is 29.3 Å². The van der Waals surface area contributed by atoms with Crippen LogP contribution in [0.4, 0.5) is 0 Å².